The molecule has 1 amide bonds. The normalized spacial score (nSPS) is 11.6. The Hall–Kier alpha value is -3.18. The second-order valence-corrected chi connectivity index (χ2v) is 6.70. The summed E-state index contributed by atoms with van der Waals surface area (Å²) in [6.07, 6.45) is 0. The summed E-state index contributed by atoms with van der Waals surface area (Å²) in [6.45, 7) is 1.72. The van der Waals surface area contributed by atoms with E-state index in [9.17, 15) is 9.18 Å². The third-order valence-corrected chi connectivity index (χ3v) is 4.47. The van der Waals surface area contributed by atoms with Gasteiger partial charge in [-0.2, -0.15) is 5.26 Å². The lowest BCUT2D eigenvalue weighted by Crippen LogP contribution is -2.22. The summed E-state index contributed by atoms with van der Waals surface area (Å²) in [6, 6.07) is 14.9. The number of aromatic amines is 1. The Morgan fingerprint density at radius 1 is 1.31 bits per heavy atom. The number of hydrogen-bond donors (Lipinski definition) is 2. The quantitative estimate of drug-likeness (QED) is 0.672. The number of halogens is 1. The van der Waals surface area contributed by atoms with Crippen molar-refractivity contribution < 1.29 is 9.18 Å². The van der Waals surface area contributed by atoms with Crippen molar-refractivity contribution in [3.8, 4) is 17.5 Å². The molecular weight excluding hydrogens is 353 g/mol. The van der Waals surface area contributed by atoms with Crippen molar-refractivity contribution in [3.05, 3.63) is 59.9 Å². The van der Waals surface area contributed by atoms with Crippen molar-refractivity contribution in [1.29, 1.82) is 5.26 Å². The largest absolute Gasteiger partial charge is 0.325 e. The molecule has 2 aromatic carbocycles. The molecule has 0 aliphatic carbocycles. The molecule has 26 heavy (non-hydrogen) atoms. The van der Waals surface area contributed by atoms with E-state index in [1.165, 1.54) is 6.07 Å². The SMILES string of the molecule is C[C@@H](Sc1n[nH]c(-c2ccccc2F)n1)C(=O)Nc1cccc(C#N)c1. The maximum atomic E-state index is 13.8. The van der Waals surface area contributed by atoms with Crippen LogP contribution in [0.25, 0.3) is 11.4 Å². The van der Waals surface area contributed by atoms with Crippen LogP contribution in [-0.2, 0) is 4.79 Å². The highest BCUT2D eigenvalue weighted by molar-refractivity contribution is 8.00. The lowest BCUT2D eigenvalue weighted by atomic mass is 10.2. The van der Waals surface area contributed by atoms with E-state index in [0.717, 1.165) is 11.8 Å². The fourth-order valence-corrected chi connectivity index (χ4v) is 2.92. The molecule has 0 aliphatic rings. The van der Waals surface area contributed by atoms with E-state index in [1.54, 1.807) is 49.4 Å². The number of nitriles is 1. The second-order valence-electron chi connectivity index (χ2n) is 5.39. The van der Waals surface area contributed by atoms with E-state index >= 15 is 0 Å². The van der Waals surface area contributed by atoms with Crippen LogP contribution in [0.15, 0.2) is 53.7 Å². The van der Waals surface area contributed by atoms with Crippen molar-refractivity contribution in [2.75, 3.05) is 5.32 Å². The van der Waals surface area contributed by atoms with Crippen molar-refractivity contribution in [3.63, 3.8) is 0 Å². The maximum Gasteiger partial charge on any atom is 0.237 e. The number of thioether (sulfide) groups is 1. The molecule has 0 saturated carbocycles. The van der Waals surface area contributed by atoms with E-state index in [0.29, 0.717) is 27.8 Å². The van der Waals surface area contributed by atoms with E-state index in [2.05, 4.69) is 20.5 Å². The van der Waals surface area contributed by atoms with Crippen molar-refractivity contribution >= 4 is 23.4 Å². The van der Waals surface area contributed by atoms with E-state index in [-0.39, 0.29) is 5.91 Å². The molecule has 130 valence electrons. The zero-order valence-corrected chi connectivity index (χ0v) is 14.5. The lowest BCUT2D eigenvalue weighted by molar-refractivity contribution is -0.115. The molecule has 1 heterocycles. The highest BCUT2D eigenvalue weighted by Gasteiger charge is 2.18. The summed E-state index contributed by atoms with van der Waals surface area (Å²) >= 11 is 1.15. The van der Waals surface area contributed by atoms with Gasteiger partial charge in [0.2, 0.25) is 11.1 Å². The Morgan fingerprint density at radius 2 is 2.12 bits per heavy atom. The number of anilines is 1. The van der Waals surface area contributed by atoms with E-state index in [1.807, 2.05) is 6.07 Å². The van der Waals surface area contributed by atoms with Gasteiger partial charge in [-0.15, -0.1) is 5.10 Å². The molecule has 0 spiro atoms. The van der Waals surface area contributed by atoms with Crippen molar-refractivity contribution in [1.82, 2.24) is 15.2 Å². The van der Waals surface area contributed by atoms with Gasteiger partial charge in [0.25, 0.3) is 0 Å². The van der Waals surface area contributed by atoms with Gasteiger partial charge in [-0.1, -0.05) is 30.0 Å². The standard InChI is InChI=1S/C18H14FN5OS/c1-11(17(25)21-13-6-4-5-12(9-13)10-20)26-18-22-16(23-24-18)14-7-2-3-8-15(14)19/h2-9,11H,1H3,(H,21,25)(H,22,23,24)/t11-/m1/s1. The van der Waals surface area contributed by atoms with Crippen LogP contribution in [0.1, 0.15) is 12.5 Å². The molecule has 0 aliphatic heterocycles. The van der Waals surface area contributed by atoms with Gasteiger partial charge in [-0.25, -0.2) is 9.37 Å². The molecule has 0 bridgehead atoms. The molecule has 1 aromatic heterocycles. The summed E-state index contributed by atoms with van der Waals surface area (Å²) in [5, 5.41) is 18.2. The fourth-order valence-electron chi connectivity index (χ4n) is 2.19. The smallest absolute Gasteiger partial charge is 0.237 e. The highest BCUT2D eigenvalue weighted by atomic mass is 32.2. The number of amides is 1. The number of nitrogens with zero attached hydrogens (tertiary/aromatic N) is 3. The first-order valence-electron chi connectivity index (χ1n) is 7.72. The van der Waals surface area contributed by atoms with Gasteiger partial charge >= 0.3 is 0 Å². The molecule has 0 radical (unpaired) electrons. The predicted octanol–water partition coefficient (Wildman–Crippen LogP) is 3.60. The Labute approximate surface area is 153 Å². The Kier molecular flexibility index (Phi) is 5.29. The van der Waals surface area contributed by atoms with E-state index < -0.39 is 11.1 Å². The Morgan fingerprint density at radius 3 is 2.88 bits per heavy atom. The van der Waals surface area contributed by atoms with Crippen LogP contribution in [-0.4, -0.2) is 26.3 Å². The first kappa shape index (κ1) is 17.6. The van der Waals surface area contributed by atoms with Crippen LogP contribution < -0.4 is 5.32 Å². The van der Waals surface area contributed by atoms with Crippen LogP contribution in [0.5, 0.6) is 0 Å². The van der Waals surface area contributed by atoms with Gasteiger partial charge in [-0.3, -0.25) is 9.89 Å². The number of nitrogens with one attached hydrogen (secondary N) is 2. The minimum atomic E-state index is -0.481. The molecule has 6 nitrogen and oxygen atoms in total. The molecule has 3 aromatic rings. The van der Waals surface area contributed by atoms with Gasteiger partial charge in [-0.05, 0) is 37.3 Å². The minimum absolute atomic E-state index is 0.248. The number of hydrogen-bond acceptors (Lipinski definition) is 5. The fraction of sp³-hybridized carbons (Fsp3) is 0.111. The first-order valence-corrected chi connectivity index (χ1v) is 8.60. The molecule has 1 atom stereocenters. The van der Waals surface area contributed by atoms with Crippen LogP contribution in [0, 0.1) is 17.1 Å². The molecule has 0 fully saturated rings. The van der Waals surface area contributed by atoms with Crippen LogP contribution in [0.2, 0.25) is 0 Å². The number of carbonyl (C=O) groups is 1. The Bertz CT molecular complexity index is 981. The van der Waals surface area contributed by atoms with Crippen molar-refractivity contribution in [2.45, 2.75) is 17.3 Å². The number of aromatic nitrogens is 3. The maximum absolute atomic E-state index is 13.8. The minimum Gasteiger partial charge on any atom is -0.325 e. The number of H-pyrrole nitrogens is 1. The van der Waals surface area contributed by atoms with Gasteiger partial charge in [0, 0.05) is 5.69 Å². The van der Waals surface area contributed by atoms with Gasteiger partial charge in [0.05, 0.1) is 22.4 Å². The molecule has 0 unspecified atom stereocenters. The van der Waals surface area contributed by atoms with Crippen LogP contribution >= 0.6 is 11.8 Å². The molecule has 2 N–H and O–H groups in total. The monoisotopic (exact) mass is 367 g/mol. The van der Waals surface area contributed by atoms with Gasteiger partial charge < -0.3 is 5.32 Å². The number of carbonyl (C=O) groups excluding carboxylic acids is 1. The summed E-state index contributed by atoms with van der Waals surface area (Å²) < 4.78 is 13.8. The van der Waals surface area contributed by atoms with Crippen molar-refractivity contribution in [2.24, 2.45) is 0 Å². The molecule has 3 rings (SSSR count). The summed E-state index contributed by atoms with van der Waals surface area (Å²) in [5.74, 6) is -0.342. The number of benzene rings is 2. The highest BCUT2D eigenvalue weighted by Crippen LogP contribution is 2.25. The Balaban J connectivity index is 1.66. The number of rotatable bonds is 5. The van der Waals surface area contributed by atoms with Gasteiger partial charge in [0.1, 0.15) is 5.82 Å². The summed E-state index contributed by atoms with van der Waals surface area (Å²) in [7, 11) is 0. The average Bonchev–Trinajstić information content (AvgIpc) is 3.10. The average molecular weight is 367 g/mol. The zero-order valence-electron chi connectivity index (χ0n) is 13.7. The molecule has 0 saturated heterocycles. The van der Waals surface area contributed by atoms with Crippen LogP contribution in [0.3, 0.4) is 0 Å². The second kappa shape index (κ2) is 7.80. The molecule has 8 heteroatoms. The van der Waals surface area contributed by atoms with E-state index in [4.69, 9.17) is 5.26 Å². The third kappa shape index (κ3) is 4.07. The summed E-state index contributed by atoms with van der Waals surface area (Å²) in [5.41, 5.74) is 1.33. The lowest BCUT2D eigenvalue weighted by Gasteiger charge is -2.10. The topological polar surface area (TPSA) is 94.5 Å². The summed E-state index contributed by atoms with van der Waals surface area (Å²) in [4.78, 5) is 16.5. The predicted molar refractivity (Wildman–Crippen MR) is 96.9 cm³/mol. The third-order valence-electron chi connectivity index (χ3n) is 3.50. The zero-order chi connectivity index (χ0) is 18.5. The first-order chi connectivity index (χ1) is 12.6. The molecular formula is C18H14FN5OS. The van der Waals surface area contributed by atoms with Crippen LogP contribution in [0.4, 0.5) is 10.1 Å². The van der Waals surface area contributed by atoms with Gasteiger partial charge in [0.15, 0.2) is 5.82 Å².